The number of thiazole rings is 1. The van der Waals surface area contributed by atoms with Gasteiger partial charge in [-0.25, -0.2) is 4.98 Å². The molecule has 0 unspecified atom stereocenters. The summed E-state index contributed by atoms with van der Waals surface area (Å²) in [5.41, 5.74) is 1.58. The summed E-state index contributed by atoms with van der Waals surface area (Å²) in [5.74, 6) is 0.984. The Morgan fingerprint density at radius 2 is 2.13 bits per heavy atom. The van der Waals surface area contributed by atoms with Gasteiger partial charge in [0.05, 0.1) is 6.20 Å². The number of aromatic nitrogens is 3. The maximum absolute atomic E-state index is 12.3. The van der Waals surface area contributed by atoms with E-state index in [-0.39, 0.29) is 12.7 Å². The number of anilines is 1. The third-order valence-corrected chi connectivity index (χ3v) is 4.01. The average Bonchev–Trinajstić information content (AvgIpc) is 3.24. The van der Waals surface area contributed by atoms with E-state index in [1.807, 2.05) is 0 Å². The first-order valence-corrected chi connectivity index (χ1v) is 7.60. The van der Waals surface area contributed by atoms with E-state index in [2.05, 4.69) is 20.3 Å². The Hall–Kier alpha value is -3.00. The molecule has 4 rings (SSSR count). The van der Waals surface area contributed by atoms with Gasteiger partial charge in [0, 0.05) is 29.5 Å². The van der Waals surface area contributed by atoms with Crippen molar-refractivity contribution < 1.29 is 14.3 Å². The monoisotopic (exact) mass is 326 g/mol. The second kappa shape index (κ2) is 5.65. The molecule has 0 aliphatic carbocycles. The molecule has 8 heteroatoms. The topological polar surface area (TPSA) is 86.2 Å². The summed E-state index contributed by atoms with van der Waals surface area (Å²) < 4.78 is 10.5. The van der Waals surface area contributed by atoms with E-state index in [1.54, 1.807) is 42.2 Å². The van der Waals surface area contributed by atoms with E-state index in [4.69, 9.17) is 9.47 Å². The Morgan fingerprint density at radius 1 is 1.22 bits per heavy atom. The molecule has 2 aromatic heterocycles. The smallest absolute Gasteiger partial charge is 0.275 e. The van der Waals surface area contributed by atoms with Crippen molar-refractivity contribution in [1.29, 1.82) is 0 Å². The van der Waals surface area contributed by atoms with Gasteiger partial charge in [0.25, 0.3) is 5.91 Å². The van der Waals surface area contributed by atoms with Crippen LogP contribution in [0, 0.1) is 0 Å². The van der Waals surface area contributed by atoms with Crippen LogP contribution >= 0.6 is 11.3 Å². The normalized spacial score (nSPS) is 12.2. The highest BCUT2D eigenvalue weighted by molar-refractivity contribution is 7.13. The summed E-state index contributed by atoms with van der Waals surface area (Å²) in [7, 11) is 0. The summed E-state index contributed by atoms with van der Waals surface area (Å²) >= 11 is 1.34. The van der Waals surface area contributed by atoms with Crippen molar-refractivity contribution in [2.45, 2.75) is 0 Å². The molecule has 1 N–H and O–H groups in total. The van der Waals surface area contributed by atoms with E-state index in [1.165, 1.54) is 11.3 Å². The van der Waals surface area contributed by atoms with Gasteiger partial charge in [0.15, 0.2) is 11.5 Å². The number of rotatable bonds is 3. The number of carbonyl (C=O) groups excluding carboxylic acids is 1. The van der Waals surface area contributed by atoms with Crippen LogP contribution in [0.5, 0.6) is 11.5 Å². The van der Waals surface area contributed by atoms with Crippen LogP contribution in [0.25, 0.3) is 10.7 Å². The molecule has 3 aromatic rings. The van der Waals surface area contributed by atoms with Crippen LogP contribution in [-0.2, 0) is 0 Å². The zero-order valence-corrected chi connectivity index (χ0v) is 12.5. The average molecular weight is 326 g/mol. The summed E-state index contributed by atoms with van der Waals surface area (Å²) in [5, 5.41) is 5.12. The van der Waals surface area contributed by atoms with Gasteiger partial charge in [-0.1, -0.05) is 0 Å². The van der Waals surface area contributed by atoms with Crippen molar-refractivity contribution in [3.63, 3.8) is 0 Å². The Kier molecular flexibility index (Phi) is 3.35. The number of amides is 1. The molecular formula is C15H10N4O3S. The van der Waals surface area contributed by atoms with Gasteiger partial charge in [-0.2, -0.15) is 0 Å². The quantitative estimate of drug-likeness (QED) is 0.796. The molecule has 0 radical (unpaired) electrons. The first kappa shape index (κ1) is 13.6. The van der Waals surface area contributed by atoms with E-state index in [0.29, 0.717) is 33.6 Å². The lowest BCUT2D eigenvalue weighted by Gasteiger charge is -2.04. The lowest BCUT2D eigenvalue weighted by atomic mass is 10.2. The highest BCUT2D eigenvalue weighted by atomic mass is 32.1. The SMILES string of the molecule is O=C(Nc1ccc2c(c1)OCO2)c1csc(-c2cnccn2)n1. The summed E-state index contributed by atoms with van der Waals surface area (Å²) in [6.45, 7) is 0.195. The van der Waals surface area contributed by atoms with Gasteiger partial charge in [-0.15, -0.1) is 11.3 Å². The molecule has 1 amide bonds. The Balaban J connectivity index is 1.52. The first-order chi connectivity index (χ1) is 11.3. The van der Waals surface area contributed by atoms with Gasteiger partial charge in [0.2, 0.25) is 6.79 Å². The molecule has 0 atom stereocenters. The van der Waals surface area contributed by atoms with Crippen molar-refractivity contribution in [2.24, 2.45) is 0 Å². The molecule has 0 fully saturated rings. The number of benzene rings is 1. The van der Waals surface area contributed by atoms with Crippen molar-refractivity contribution in [1.82, 2.24) is 15.0 Å². The van der Waals surface area contributed by atoms with Gasteiger partial charge >= 0.3 is 0 Å². The van der Waals surface area contributed by atoms with Crippen LogP contribution in [0.1, 0.15) is 10.5 Å². The maximum atomic E-state index is 12.3. The molecular weight excluding hydrogens is 316 g/mol. The standard InChI is InChI=1S/C15H10N4O3S/c20-14(18-9-1-2-12-13(5-9)22-8-21-12)11-7-23-15(19-11)10-6-16-3-4-17-10/h1-7H,8H2,(H,18,20). The summed E-state index contributed by atoms with van der Waals surface area (Å²) in [6, 6.07) is 5.22. The number of hydrogen-bond donors (Lipinski definition) is 1. The molecule has 1 aliphatic heterocycles. The highest BCUT2D eigenvalue weighted by Crippen LogP contribution is 2.34. The number of nitrogens with zero attached hydrogens (tertiary/aromatic N) is 3. The molecule has 1 aromatic carbocycles. The molecule has 0 saturated carbocycles. The van der Waals surface area contributed by atoms with Crippen molar-refractivity contribution in [3.8, 4) is 22.2 Å². The summed E-state index contributed by atoms with van der Waals surface area (Å²) in [4.78, 5) is 24.7. The fourth-order valence-corrected chi connectivity index (χ4v) is 2.83. The van der Waals surface area contributed by atoms with E-state index in [9.17, 15) is 4.79 Å². The molecule has 1 aliphatic rings. The fourth-order valence-electron chi connectivity index (χ4n) is 2.07. The number of carbonyl (C=O) groups is 1. The molecule has 3 heterocycles. The number of fused-ring (bicyclic) bond motifs is 1. The molecule has 23 heavy (non-hydrogen) atoms. The third kappa shape index (κ3) is 2.71. The fraction of sp³-hybridized carbons (Fsp3) is 0.0667. The van der Waals surface area contributed by atoms with Gasteiger partial charge in [-0.3, -0.25) is 14.8 Å². The lowest BCUT2D eigenvalue weighted by molar-refractivity contribution is 0.102. The van der Waals surface area contributed by atoms with Crippen LogP contribution in [0.3, 0.4) is 0 Å². The van der Waals surface area contributed by atoms with Crippen LogP contribution < -0.4 is 14.8 Å². The number of ether oxygens (including phenoxy) is 2. The molecule has 0 bridgehead atoms. The van der Waals surface area contributed by atoms with Crippen LogP contribution in [-0.4, -0.2) is 27.7 Å². The number of hydrogen-bond acceptors (Lipinski definition) is 7. The predicted octanol–water partition coefficient (Wildman–Crippen LogP) is 2.58. The Bertz CT molecular complexity index is 866. The first-order valence-electron chi connectivity index (χ1n) is 6.72. The molecule has 7 nitrogen and oxygen atoms in total. The largest absolute Gasteiger partial charge is 0.454 e. The predicted molar refractivity (Wildman–Crippen MR) is 83.7 cm³/mol. The van der Waals surface area contributed by atoms with Gasteiger partial charge < -0.3 is 14.8 Å². The lowest BCUT2D eigenvalue weighted by Crippen LogP contribution is -2.12. The Labute approximate surface area is 135 Å². The molecule has 0 saturated heterocycles. The van der Waals surface area contributed by atoms with E-state index < -0.39 is 0 Å². The van der Waals surface area contributed by atoms with Crippen LogP contribution in [0.15, 0.2) is 42.2 Å². The number of nitrogens with one attached hydrogen (secondary N) is 1. The minimum absolute atomic E-state index is 0.195. The maximum Gasteiger partial charge on any atom is 0.275 e. The van der Waals surface area contributed by atoms with E-state index >= 15 is 0 Å². The highest BCUT2D eigenvalue weighted by Gasteiger charge is 2.16. The third-order valence-electron chi connectivity index (χ3n) is 3.15. The van der Waals surface area contributed by atoms with Crippen LogP contribution in [0.2, 0.25) is 0 Å². The van der Waals surface area contributed by atoms with Crippen LogP contribution in [0.4, 0.5) is 5.69 Å². The summed E-state index contributed by atoms with van der Waals surface area (Å²) in [6.07, 6.45) is 4.78. The van der Waals surface area contributed by atoms with Crippen molar-refractivity contribution in [3.05, 3.63) is 47.9 Å². The van der Waals surface area contributed by atoms with Crippen molar-refractivity contribution >= 4 is 22.9 Å². The zero-order valence-electron chi connectivity index (χ0n) is 11.7. The molecule has 114 valence electrons. The zero-order chi connectivity index (χ0) is 15.6. The minimum Gasteiger partial charge on any atom is -0.454 e. The van der Waals surface area contributed by atoms with Gasteiger partial charge in [-0.05, 0) is 12.1 Å². The van der Waals surface area contributed by atoms with Gasteiger partial charge in [0.1, 0.15) is 16.4 Å². The second-order valence-electron chi connectivity index (χ2n) is 4.65. The van der Waals surface area contributed by atoms with Crippen molar-refractivity contribution in [2.75, 3.05) is 12.1 Å². The van der Waals surface area contributed by atoms with E-state index in [0.717, 1.165) is 0 Å². The Morgan fingerprint density at radius 3 is 3.00 bits per heavy atom. The second-order valence-corrected chi connectivity index (χ2v) is 5.51. The minimum atomic E-state index is -0.296. The molecule has 0 spiro atoms.